The lowest BCUT2D eigenvalue weighted by atomic mass is 10.2. The molecule has 0 fully saturated rings. The van der Waals surface area contributed by atoms with Gasteiger partial charge in [0, 0.05) is 23.7 Å². The second-order valence-corrected chi connectivity index (χ2v) is 7.58. The van der Waals surface area contributed by atoms with E-state index < -0.39 is 28.5 Å². The molecule has 1 heterocycles. The molecule has 0 saturated carbocycles. The summed E-state index contributed by atoms with van der Waals surface area (Å²) >= 11 is 11.7. The molecule has 1 unspecified atom stereocenters. The molecule has 0 aliphatic carbocycles. The summed E-state index contributed by atoms with van der Waals surface area (Å²) in [6.07, 6.45) is -3.26. The molecule has 0 aliphatic heterocycles. The van der Waals surface area contributed by atoms with Crippen LogP contribution in [-0.4, -0.2) is 34.0 Å². The molecule has 4 nitrogen and oxygen atoms in total. The normalized spacial score (nSPS) is 13.6. The number of amidine groups is 1. The number of anilines is 1. The number of halogens is 6. The summed E-state index contributed by atoms with van der Waals surface area (Å²) in [4.78, 5) is 7.69. The molecule has 0 amide bonds. The van der Waals surface area contributed by atoms with Crippen molar-refractivity contribution in [2.24, 2.45) is 4.99 Å². The zero-order chi connectivity index (χ0) is 20.4. The molecule has 27 heavy (non-hydrogen) atoms. The van der Waals surface area contributed by atoms with E-state index in [0.29, 0.717) is 5.56 Å². The van der Waals surface area contributed by atoms with Gasteiger partial charge in [0.05, 0.1) is 21.5 Å². The van der Waals surface area contributed by atoms with Gasteiger partial charge in [-0.25, -0.2) is 9.37 Å². The highest BCUT2D eigenvalue weighted by Crippen LogP contribution is 2.27. The first-order valence-corrected chi connectivity index (χ1v) is 9.40. The molecule has 146 valence electrons. The third-order valence-electron chi connectivity index (χ3n) is 3.35. The quantitative estimate of drug-likeness (QED) is 0.314. The van der Waals surface area contributed by atoms with E-state index in [9.17, 15) is 21.8 Å². The number of hydrogen-bond acceptors (Lipinski definition) is 3. The molecule has 2 rings (SSSR count). The van der Waals surface area contributed by atoms with Crippen LogP contribution < -0.4 is 5.32 Å². The van der Waals surface area contributed by atoms with Crippen LogP contribution in [0.25, 0.3) is 0 Å². The minimum Gasteiger partial charge on any atom is -0.338 e. The van der Waals surface area contributed by atoms with Gasteiger partial charge in [-0.3, -0.25) is 9.20 Å². The van der Waals surface area contributed by atoms with Crippen molar-refractivity contribution in [1.29, 1.82) is 0 Å². The Kier molecular flexibility index (Phi) is 6.82. The monoisotopic (exact) mass is 441 g/mol. The molecule has 1 aromatic heterocycles. The van der Waals surface area contributed by atoms with Gasteiger partial charge in [0.25, 0.3) is 0 Å². The average molecular weight is 442 g/mol. The smallest absolute Gasteiger partial charge is 0.338 e. The van der Waals surface area contributed by atoms with Gasteiger partial charge in [0.15, 0.2) is 0 Å². The maximum atomic E-state index is 14.3. The zero-order valence-corrected chi connectivity index (χ0v) is 16.3. The number of aromatic nitrogens is 1. The summed E-state index contributed by atoms with van der Waals surface area (Å²) in [5.74, 6) is -2.12. The molecule has 11 heteroatoms. The van der Waals surface area contributed by atoms with Gasteiger partial charge >= 0.3 is 6.18 Å². The molecule has 1 aromatic carbocycles. The minimum absolute atomic E-state index is 0.0715. The highest BCUT2D eigenvalue weighted by Gasteiger charge is 2.32. The first kappa shape index (κ1) is 21.6. The Morgan fingerprint density at radius 3 is 2.52 bits per heavy atom. The Balaban J connectivity index is 2.38. The lowest BCUT2D eigenvalue weighted by Crippen LogP contribution is -2.20. The van der Waals surface area contributed by atoms with Crippen molar-refractivity contribution >= 4 is 45.5 Å². The van der Waals surface area contributed by atoms with Crippen LogP contribution in [-0.2, 0) is 10.8 Å². The predicted molar refractivity (Wildman–Crippen MR) is 98.8 cm³/mol. The number of hydrogen-bond donors (Lipinski definition) is 1. The van der Waals surface area contributed by atoms with E-state index in [1.807, 2.05) is 0 Å². The highest BCUT2D eigenvalue weighted by atomic mass is 35.5. The molecule has 0 bridgehead atoms. The van der Waals surface area contributed by atoms with Crippen LogP contribution in [0.15, 0.2) is 34.3 Å². The van der Waals surface area contributed by atoms with Crippen LogP contribution in [0.5, 0.6) is 0 Å². The average Bonchev–Trinajstić information content (AvgIpc) is 2.55. The Morgan fingerprint density at radius 2 is 1.96 bits per heavy atom. The second-order valence-electron chi connectivity index (χ2n) is 5.40. The van der Waals surface area contributed by atoms with Crippen molar-refractivity contribution in [2.75, 3.05) is 18.1 Å². The van der Waals surface area contributed by atoms with E-state index in [2.05, 4.69) is 15.3 Å². The van der Waals surface area contributed by atoms with Crippen LogP contribution >= 0.6 is 23.2 Å². The van der Waals surface area contributed by atoms with Crippen molar-refractivity contribution in [3.63, 3.8) is 0 Å². The number of aliphatic imine (C=N–C) groups is 1. The lowest BCUT2D eigenvalue weighted by molar-refractivity contribution is -0.105. The molecule has 1 N–H and O–H groups in total. The number of aryl methyl sites for hydroxylation is 1. The highest BCUT2D eigenvalue weighted by molar-refractivity contribution is 7.85. The third-order valence-corrected chi connectivity index (χ3v) is 5.56. The third kappa shape index (κ3) is 5.63. The van der Waals surface area contributed by atoms with E-state index in [-0.39, 0.29) is 32.2 Å². The summed E-state index contributed by atoms with van der Waals surface area (Å²) in [6, 6.07) is 3.52. The molecule has 0 spiro atoms. The van der Waals surface area contributed by atoms with Crippen LogP contribution in [0.3, 0.4) is 0 Å². The van der Waals surface area contributed by atoms with Gasteiger partial charge < -0.3 is 5.32 Å². The number of nitrogens with one attached hydrogen (secondary N) is 1. The number of pyridine rings is 1. The number of benzene rings is 1. The predicted octanol–water partition coefficient (Wildman–Crippen LogP) is 4.99. The number of nitrogens with zero attached hydrogens (tertiary/aromatic N) is 2. The lowest BCUT2D eigenvalue weighted by Gasteiger charge is -2.14. The van der Waals surface area contributed by atoms with Gasteiger partial charge in [-0.2, -0.15) is 13.2 Å². The standard InChI is InChI=1S/C16H13Cl2F4N3OS/c1-8-3-11(19)12(5-13(8)27(26)7-16(20,21)22)25-15(23-2)9-4-10(17)14(18)24-6-9/h3-6H,7H2,1-2H3,(H,23,25). The van der Waals surface area contributed by atoms with Gasteiger partial charge in [-0.1, -0.05) is 23.2 Å². The van der Waals surface area contributed by atoms with E-state index in [1.54, 1.807) is 0 Å². The number of rotatable bonds is 4. The molecule has 0 radical (unpaired) electrons. The maximum Gasteiger partial charge on any atom is 0.400 e. The summed E-state index contributed by atoms with van der Waals surface area (Å²) in [5, 5.41) is 2.88. The Bertz CT molecular complexity index is 919. The Morgan fingerprint density at radius 1 is 1.30 bits per heavy atom. The Labute approximate surface area is 165 Å². The fraction of sp³-hybridized carbons (Fsp3) is 0.250. The molecular weight excluding hydrogens is 429 g/mol. The molecule has 0 aliphatic rings. The second kappa shape index (κ2) is 8.53. The van der Waals surface area contributed by atoms with E-state index in [1.165, 1.54) is 26.2 Å². The van der Waals surface area contributed by atoms with Gasteiger partial charge in [0.1, 0.15) is 22.6 Å². The van der Waals surface area contributed by atoms with Gasteiger partial charge in [0.2, 0.25) is 0 Å². The van der Waals surface area contributed by atoms with E-state index in [4.69, 9.17) is 23.2 Å². The van der Waals surface area contributed by atoms with E-state index >= 15 is 0 Å². The van der Waals surface area contributed by atoms with Crippen LogP contribution in [0, 0.1) is 12.7 Å². The maximum absolute atomic E-state index is 14.3. The Hall–Kier alpha value is -1.71. The van der Waals surface area contributed by atoms with Crippen molar-refractivity contribution in [1.82, 2.24) is 4.98 Å². The van der Waals surface area contributed by atoms with Crippen molar-refractivity contribution < 1.29 is 21.8 Å². The topological polar surface area (TPSA) is 54.4 Å². The van der Waals surface area contributed by atoms with Crippen molar-refractivity contribution in [3.8, 4) is 0 Å². The largest absolute Gasteiger partial charge is 0.400 e. The van der Waals surface area contributed by atoms with Crippen LogP contribution in [0.1, 0.15) is 11.1 Å². The fourth-order valence-electron chi connectivity index (χ4n) is 2.16. The molecule has 1 atom stereocenters. The van der Waals surface area contributed by atoms with Crippen LogP contribution in [0.2, 0.25) is 10.2 Å². The van der Waals surface area contributed by atoms with Crippen molar-refractivity contribution in [2.45, 2.75) is 18.0 Å². The summed E-state index contributed by atoms with van der Waals surface area (Å²) in [5.41, 5.74) is 0.342. The SMILES string of the molecule is CN=C(Nc1cc(S(=O)CC(F)(F)F)c(C)cc1F)c1cnc(Cl)c(Cl)c1. The van der Waals surface area contributed by atoms with Crippen LogP contribution in [0.4, 0.5) is 23.2 Å². The summed E-state index contributed by atoms with van der Waals surface area (Å²) < 4.78 is 63.9. The molecular formula is C16H13Cl2F4N3OS. The number of alkyl halides is 3. The molecule has 2 aromatic rings. The fourth-order valence-corrected chi connectivity index (χ4v) is 3.55. The first-order valence-electron chi connectivity index (χ1n) is 7.32. The summed E-state index contributed by atoms with van der Waals surface area (Å²) in [7, 11) is -0.957. The van der Waals surface area contributed by atoms with Gasteiger partial charge in [-0.15, -0.1) is 0 Å². The first-order chi connectivity index (χ1) is 12.5. The van der Waals surface area contributed by atoms with E-state index in [0.717, 1.165) is 12.1 Å². The van der Waals surface area contributed by atoms with Gasteiger partial charge in [-0.05, 0) is 30.7 Å². The zero-order valence-electron chi connectivity index (χ0n) is 14.0. The molecule has 0 saturated heterocycles. The van der Waals surface area contributed by atoms with Crippen molar-refractivity contribution in [3.05, 3.63) is 51.5 Å². The summed E-state index contributed by atoms with van der Waals surface area (Å²) in [6.45, 7) is 1.38. The minimum atomic E-state index is -4.61.